The van der Waals surface area contributed by atoms with Gasteiger partial charge in [-0.05, 0) is 25.2 Å². The maximum Gasteiger partial charge on any atom is 0.274 e. The van der Waals surface area contributed by atoms with E-state index in [0.717, 1.165) is 38.9 Å². The Morgan fingerprint density at radius 2 is 2.19 bits per heavy atom. The van der Waals surface area contributed by atoms with E-state index in [1.54, 1.807) is 6.20 Å². The fraction of sp³-hybridized carbons (Fsp3) is 0.600. The number of carbonyl (C=O) groups is 2. The van der Waals surface area contributed by atoms with Crippen LogP contribution in [-0.2, 0) is 4.79 Å². The van der Waals surface area contributed by atoms with E-state index in [1.807, 2.05) is 9.80 Å². The quantitative estimate of drug-likeness (QED) is 0.830. The number of hydrogen-bond acceptors (Lipinski definition) is 4. The van der Waals surface area contributed by atoms with Crippen LogP contribution >= 0.6 is 0 Å². The molecular weight excluding hydrogens is 268 g/mol. The number of hydrogen-bond donors (Lipinski definition) is 0. The summed E-state index contributed by atoms with van der Waals surface area (Å²) in [7, 11) is 0. The molecule has 112 valence electrons. The molecule has 6 heteroatoms. The van der Waals surface area contributed by atoms with Gasteiger partial charge in [-0.15, -0.1) is 0 Å². The summed E-state index contributed by atoms with van der Waals surface area (Å²) in [5.41, 5.74) is 0.399. The Morgan fingerprint density at radius 1 is 1.29 bits per heavy atom. The van der Waals surface area contributed by atoms with E-state index < -0.39 is 0 Å². The van der Waals surface area contributed by atoms with Crippen LogP contribution in [0.25, 0.3) is 0 Å². The highest BCUT2D eigenvalue weighted by molar-refractivity contribution is 5.92. The zero-order valence-corrected chi connectivity index (χ0v) is 12.1. The van der Waals surface area contributed by atoms with Crippen LogP contribution in [-0.4, -0.2) is 57.8 Å². The van der Waals surface area contributed by atoms with Crippen molar-refractivity contribution in [2.75, 3.05) is 26.2 Å². The summed E-state index contributed by atoms with van der Waals surface area (Å²) in [5.74, 6) is 0.578. The van der Waals surface area contributed by atoms with Gasteiger partial charge in [0.15, 0.2) is 0 Å². The molecule has 3 rings (SSSR count). The van der Waals surface area contributed by atoms with Crippen LogP contribution in [0.3, 0.4) is 0 Å². The summed E-state index contributed by atoms with van der Waals surface area (Å²) in [6.07, 6.45) is 8.32. The maximum absolute atomic E-state index is 12.4. The smallest absolute Gasteiger partial charge is 0.274 e. The molecule has 2 fully saturated rings. The molecule has 21 heavy (non-hydrogen) atoms. The molecule has 0 radical (unpaired) electrons. The van der Waals surface area contributed by atoms with Crippen molar-refractivity contribution in [3.63, 3.8) is 0 Å². The first-order valence-electron chi connectivity index (χ1n) is 7.57. The van der Waals surface area contributed by atoms with Gasteiger partial charge in [0.2, 0.25) is 5.91 Å². The summed E-state index contributed by atoms with van der Waals surface area (Å²) in [6, 6.07) is 0. The van der Waals surface area contributed by atoms with Gasteiger partial charge in [0.1, 0.15) is 5.69 Å². The van der Waals surface area contributed by atoms with Crippen LogP contribution in [0.1, 0.15) is 36.2 Å². The molecule has 0 spiro atoms. The van der Waals surface area contributed by atoms with Crippen LogP contribution in [0, 0.1) is 5.92 Å². The van der Waals surface area contributed by atoms with Gasteiger partial charge >= 0.3 is 0 Å². The van der Waals surface area contributed by atoms with E-state index in [9.17, 15) is 9.59 Å². The molecule has 1 aromatic rings. The summed E-state index contributed by atoms with van der Waals surface area (Å²) in [6.45, 7) is 3.12. The minimum Gasteiger partial charge on any atom is -0.342 e. The molecule has 2 aliphatic heterocycles. The molecule has 6 nitrogen and oxygen atoms in total. The highest BCUT2D eigenvalue weighted by Crippen LogP contribution is 2.21. The lowest BCUT2D eigenvalue weighted by atomic mass is 9.97. The first-order chi connectivity index (χ1) is 10.2. The number of amides is 2. The second-order valence-electron chi connectivity index (χ2n) is 5.79. The molecule has 0 N–H and O–H groups in total. The van der Waals surface area contributed by atoms with E-state index in [0.29, 0.717) is 24.6 Å². The molecule has 1 unspecified atom stereocenters. The predicted octanol–water partition coefficient (Wildman–Crippen LogP) is 0.951. The van der Waals surface area contributed by atoms with Crippen molar-refractivity contribution in [3.8, 4) is 0 Å². The molecule has 0 bridgehead atoms. The lowest BCUT2D eigenvalue weighted by molar-refractivity contribution is -0.128. The third kappa shape index (κ3) is 3.20. The van der Waals surface area contributed by atoms with Crippen molar-refractivity contribution in [1.29, 1.82) is 0 Å². The number of rotatable bonds is 3. The summed E-state index contributed by atoms with van der Waals surface area (Å²) >= 11 is 0. The minimum atomic E-state index is -0.0550. The van der Waals surface area contributed by atoms with Gasteiger partial charge in [-0.1, -0.05) is 0 Å². The molecule has 2 saturated heterocycles. The molecule has 0 saturated carbocycles. The van der Waals surface area contributed by atoms with E-state index in [-0.39, 0.29) is 11.8 Å². The van der Waals surface area contributed by atoms with Gasteiger partial charge < -0.3 is 9.80 Å². The highest BCUT2D eigenvalue weighted by atomic mass is 16.2. The molecule has 3 heterocycles. The molecule has 0 aliphatic carbocycles. The Morgan fingerprint density at radius 3 is 2.90 bits per heavy atom. The van der Waals surface area contributed by atoms with Crippen LogP contribution in [0.2, 0.25) is 0 Å². The molecule has 2 aliphatic rings. The van der Waals surface area contributed by atoms with E-state index >= 15 is 0 Å². The van der Waals surface area contributed by atoms with Crippen LogP contribution in [0.5, 0.6) is 0 Å². The monoisotopic (exact) mass is 288 g/mol. The number of nitrogens with zero attached hydrogens (tertiary/aromatic N) is 4. The Labute approximate surface area is 124 Å². The van der Waals surface area contributed by atoms with Gasteiger partial charge in [-0.25, -0.2) is 4.98 Å². The summed E-state index contributed by atoms with van der Waals surface area (Å²) in [4.78, 5) is 35.9. The maximum atomic E-state index is 12.4. The second-order valence-corrected chi connectivity index (χ2v) is 5.79. The first kappa shape index (κ1) is 14.0. The minimum absolute atomic E-state index is 0.0550. The topological polar surface area (TPSA) is 66.4 Å². The average molecular weight is 288 g/mol. The normalized spacial score (nSPS) is 22.7. The van der Waals surface area contributed by atoms with Crippen molar-refractivity contribution in [1.82, 2.24) is 19.8 Å². The summed E-state index contributed by atoms with van der Waals surface area (Å²) < 4.78 is 0. The largest absolute Gasteiger partial charge is 0.342 e. The van der Waals surface area contributed by atoms with Crippen LogP contribution in [0.15, 0.2) is 18.6 Å². The van der Waals surface area contributed by atoms with Crippen LogP contribution < -0.4 is 0 Å². The van der Waals surface area contributed by atoms with Crippen molar-refractivity contribution in [2.45, 2.75) is 25.7 Å². The second kappa shape index (κ2) is 6.20. The number of aromatic nitrogens is 2. The molecule has 2 amide bonds. The average Bonchev–Trinajstić information content (AvgIpc) is 2.93. The third-order valence-electron chi connectivity index (χ3n) is 4.24. The fourth-order valence-electron chi connectivity index (χ4n) is 3.18. The van der Waals surface area contributed by atoms with Crippen molar-refractivity contribution >= 4 is 11.8 Å². The standard InChI is InChI=1S/C15H20N4O2/c20-14-4-2-7-18(14)10-12-3-1-8-19(11-12)15(21)13-9-16-5-6-17-13/h5-6,9,12H,1-4,7-8,10-11H2. The first-order valence-corrected chi connectivity index (χ1v) is 7.57. The highest BCUT2D eigenvalue weighted by Gasteiger charge is 2.29. The number of likely N-dealkylation sites (tertiary alicyclic amines) is 2. The lowest BCUT2D eigenvalue weighted by Gasteiger charge is -2.34. The number of carbonyl (C=O) groups excluding carboxylic acids is 2. The number of piperidine rings is 1. The van der Waals surface area contributed by atoms with Crippen molar-refractivity contribution < 1.29 is 9.59 Å². The van der Waals surface area contributed by atoms with Crippen molar-refractivity contribution in [3.05, 3.63) is 24.3 Å². The zero-order chi connectivity index (χ0) is 14.7. The Bertz CT molecular complexity index is 520. The van der Waals surface area contributed by atoms with Crippen LogP contribution in [0.4, 0.5) is 0 Å². The molecule has 1 atom stereocenters. The Kier molecular flexibility index (Phi) is 4.13. The zero-order valence-electron chi connectivity index (χ0n) is 12.1. The molecular formula is C15H20N4O2. The third-order valence-corrected chi connectivity index (χ3v) is 4.24. The predicted molar refractivity (Wildman–Crippen MR) is 76.5 cm³/mol. The fourth-order valence-corrected chi connectivity index (χ4v) is 3.18. The molecule has 0 aromatic carbocycles. The van der Waals surface area contributed by atoms with Gasteiger partial charge in [-0.3, -0.25) is 14.6 Å². The van der Waals surface area contributed by atoms with Gasteiger partial charge in [-0.2, -0.15) is 0 Å². The SMILES string of the molecule is O=C1CCCN1CC1CCCN(C(=O)c2cnccn2)C1. The van der Waals surface area contributed by atoms with Crippen molar-refractivity contribution in [2.24, 2.45) is 5.92 Å². The van der Waals surface area contributed by atoms with E-state index in [4.69, 9.17) is 0 Å². The Balaban J connectivity index is 1.60. The lowest BCUT2D eigenvalue weighted by Crippen LogP contribution is -2.44. The van der Waals surface area contributed by atoms with E-state index in [1.165, 1.54) is 12.4 Å². The molecule has 1 aromatic heterocycles. The van der Waals surface area contributed by atoms with Gasteiger partial charge in [0, 0.05) is 45.0 Å². The summed E-state index contributed by atoms with van der Waals surface area (Å²) in [5, 5.41) is 0. The Hall–Kier alpha value is -1.98. The van der Waals surface area contributed by atoms with E-state index in [2.05, 4.69) is 9.97 Å². The van der Waals surface area contributed by atoms with Gasteiger partial charge in [0.05, 0.1) is 6.20 Å². The van der Waals surface area contributed by atoms with Gasteiger partial charge in [0.25, 0.3) is 5.91 Å².